The van der Waals surface area contributed by atoms with Crippen molar-refractivity contribution < 1.29 is 19.4 Å². The second-order valence-corrected chi connectivity index (χ2v) is 6.81. The molecule has 1 aliphatic carbocycles. The molecule has 1 aliphatic rings. The van der Waals surface area contributed by atoms with E-state index in [1.54, 1.807) is 0 Å². The molecule has 0 spiro atoms. The van der Waals surface area contributed by atoms with Gasteiger partial charge in [0.2, 0.25) is 0 Å². The molecule has 0 aromatic carbocycles. The monoisotopic (exact) mass is 298 g/mol. The highest BCUT2D eigenvalue weighted by atomic mass is 16.5. The Balaban J connectivity index is 2.19. The number of rotatable bonds is 8. The third-order valence-corrected chi connectivity index (χ3v) is 4.37. The maximum absolute atomic E-state index is 12.1. The van der Waals surface area contributed by atoms with Gasteiger partial charge < -0.3 is 9.84 Å². The van der Waals surface area contributed by atoms with Gasteiger partial charge in [-0.05, 0) is 51.4 Å². The summed E-state index contributed by atoms with van der Waals surface area (Å²) >= 11 is 0. The van der Waals surface area contributed by atoms with E-state index in [1.165, 1.54) is 12.8 Å². The van der Waals surface area contributed by atoms with Crippen LogP contribution in [0.5, 0.6) is 0 Å². The van der Waals surface area contributed by atoms with Gasteiger partial charge in [0.05, 0.1) is 17.9 Å². The van der Waals surface area contributed by atoms with Gasteiger partial charge >= 0.3 is 11.9 Å². The lowest BCUT2D eigenvalue weighted by molar-refractivity contribution is -0.156. The highest BCUT2D eigenvalue weighted by Gasteiger charge is 2.31. The molecule has 1 saturated carbocycles. The fraction of sp³-hybridized carbons (Fsp3) is 0.882. The molecule has 0 amide bonds. The van der Waals surface area contributed by atoms with Crippen molar-refractivity contribution in [1.29, 1.82) is 0 Å². The predicted molar refractivity (Wildman–Crippen MR) is 81.9 cm³/mol. The van der Waals surface area contributed by atoms with E-state index in [0.29, 0.717) is 25.7 Å². The van der Waals surface area contributed by atoms with Gasteiger partial charge in [-0.3, -0.25) is 9.59 Å². The minimum atomic E-state index is -0.736. The van der Waals surface area contributed by atoms with Crippen molar-refractivity contribution in [1.82, 2.24) is 0 Å². The van der Waals surface area contributed by atoms with Gasteiger partial charge in [0.15, 0.2) is 0 Å². The summed E-state index contributed by atoms with van der Waals surface area (Å²) < 4.78 is 5.51. The Morgan fingerprint density at radius 2 is 1.52 bits per heavy atom. The summed E-state index contributed by atoms with van der Waals surface area (Å²) in [6, 6.07) is 0. The van der Waals surface area contributed by atoms with Gasteiger partial charge in [-0.15, -0.1) is 0 Å². The first-order valence-electron chi connectivity index (χ1n) is 8.33. The second kappa shape index (κ2) is 9.06. The molecular formula is C17H30O4. The van der Waals surface area contributed by atoms with Gasteiger partial charge in [-0.2, -0.15) is 0 Å². The molecule has 1 rings (SSSR count). The third kappa shape index (κ3) is 6.96. The number of unbranched alkanes of at least 4 members (excludes halogenated alkanes) is 1. The van der Waals surface area contributed by atoms with E-state index < -0.39 is 5.97 Å². The fourth-order valence-corrected chi connectivity index (χ4v) is 2.91. The average Bonchev–Trinajstić information content (AvgIpc) is 2.43. The van der Waals surface area contributed by atoms with Crippen molar-refractivity contribution in [2.75, 3.05) is 0 Å². The maximum Gasteiger partial charge on any atom is 0.309 e. The summed E-state index contributed by atoms with van der Waals surface area (Å²) in [6.45, 7) is 6.39. The number of hydrogen-bond acceptors (Lipinski definition) is 3. The summed E-state index contributed by atoms with van der Waals surface area (Å²) in [5.74, 6) is -0.510. The standard InChI is InChI=1S/C17H30O4/c1-12(2)6-4-5-7-13(3)21-17(20)15-10-8-14(9-11-15)16(18)19/h12-15H,4-11H2,1-3H3,(H,18,19). The minimum Gasteiger partial charge on any atom is -0.481 e. The van der Waals surface area contributed by atoms with E-state index in [2.05, 4.69) is 13.8 Å². The van der Waals surface area contributed by atoms with Crippen LogP contribution in [0.2, 0.25) is 0 Å². The fourth-order valence-electron chi connectivity index (χ4n) is 2.91. The second-order valence-electron chi connectivity index (χ2n) is 6.81. The molecule has 0 bridgehead atoms. The zero-order chi connectivity index (χ0) is 15.8. The van der Waals surface area contributed by atoms with E-state index in [4.69, 9.17) is 9.84 Å². The van der Waals surface area contributed by atoms with E-state index in [-0.39, 0.29) is 23.9 Å². The lowest BCUT2D eigenvalue weighted by Gasteiger charge is -2.26. The lowest BCUT2D eigenvalue weighted by atomic mass is 9.82. The Morgan fingerprint density at radius 3 is 2.05 bits per heavy atom. The number of aliphatic carboxylic acids is 1. The molecule has 1 N–H and O–H groups in total. The molecule has 0 radical (unpaired) electrons. The topological polar surface area (TPSA) is 63.6 Å². The van der Waals surface area contributed by atoms with Crippen LogP contribution < -0.4 is 0 Å². The first-order valence-corrected chi connectivity index (χ1v) is 8.33. The van der Waals surface area contributed by atoms with Crippen LogP contribution in [-0.4, -0.2) is 23.1 Å². The van der Waals surface area contributed by atoms with Crippen molar-refractivity contribution in [2.24, 2.45) is 17.8 Å². The summed E-state index contributed by atoms with van der Waals surface area (Å²) in [4.78, 5) is 22.9. The Kier molecular flexibility index (Phi) is 7.76. The van der Waals surface area contributed by atoms with E-state index in [1.807, 2.05) is 6.92 Å². The normalized spacial score (nSPS) is 23.8. The number of carbonyl (C=O) groups is 2. The Hall–Kier alpha value is -1.06. The summed E-state index contributed by atoms with van der Waals surface area (Å²) in [5, 5.41) is 8.95. The number of carboxylic acid groups (broad SMARTS) is 1. The van der Waals surface area contributed by atoms with Crippen molar-refractivity contribution in [3.8, 4) is 0 Å². The van der Waals surface area contributed by atoms with Crippen molar-refractivity contribution >= 4 is 11.9 Å². The van der Waals surface area contributed by atoms with Gasteiger partial charge in [0.1, 0.15) is 0 Å². The van der Waals surface area contributed by atoms with Gasteiger partial charge in [0, 0.05) is 0 Å². The highest BCUT2D eigenvalue weighted by molar-refractivity contribution is 5.74. The smallest absolute Gasteiger partial charge is 0.309 e. The van der Waals surface area contributed by atoms with Gasteiger partial charge in [-0.25, -0.2) is 0 Å². The Bertz CT molecular complexity index is 330. The van der Waals surface area contributed by atoms with Crippen LogP contribution in [0, 0.1) is 17.8 Å². The first kappa shape index (κ1) is 18.0. The lowest BCUT2D eigenvalue weighted by Crippen LogP contribution is -2.29. The van der Waals surface area contributed by atoms with Crippen LogP contribution in [-0.2, 0) is 14.3 Å². The molecule has 0 heterocycles. The summed E-state index contributed by atoms with van der Waals surface area (Å²) in [7, 11) is 0. The molecule has 0 aliphatic heterocycles. The van der Waals surface area contributed by atoms with Gasteiger partial charge in [0.25, 0.3) is 0 Å². The van der Waals surface area contributed by atoms with Crippen LogP contribution in [0.1, 0.15) is 72.1 Å². The van der Waals surface area contributed by atoms with Crippen LogP contribution in [0.25, 0.3) is 0 Å². The van der Waals surface area contributed by atoms with Crippen molar-refractivity contribution in [3.63, 3.8) is 0 Å². The number of ether oxygens (including phenoxy) is 1. The zero-order valence-corrected chi connectivity index (χ0v) is 13.6. The Labute approximate surface area is 128 Å². The first-order chi connectivity index (χ1) is 9.90. The SMILES string of the molecule is CC(C)CCCCC(C)OC(=O)C1CCC(C(=O)O)CC1. The molecule has 1 unspecified atom stereocenters. The van der Waals surface area contributed by atoms with Crippen LogP contribution >= 0.6 is 0 Å². The zero-order valence-electron chi connectivity index (χ0n) is 13.6. The molecule has 0 aromatic heterocycles. The molecule has 122 valence electrons. The molecule has 1 fully saturated rings. The molecule has 4 nitrogen and oxygen atoms in total. The summed E-state index contributed by atoms with van der Waals surface area (Å²) in [5.41, 5.74) is 0. The maximum atomic E-state index is 12.1. The summed E-state index contributed by atoms with van der Waals surface area (Å²) in [6.07, 6.45) is 6.88. The third-order valence-electron chi connectivity index (χ3n) is 4.37. The molecule has 1 atom stereocenters. The van der Waals surface area contributed by atoms with Crippen molar-refractivity contribution in [3.05, 3.63) is 0 Å². The van der Waals surface area contributed by atoms with E-state index >= 15 is 0 Å². The molecule has 0 aromatic rings. The molecule has 0 saturated heterocycles. The highest BCUT2D eigenvalue weighted by Crippen LogP contribution is 2.30. The number of esters is 1. The molecule has 4 heteroatoms. The number of carboxylic acids is 1. The van der Waals surface area contributed by atoms with Gasteiger partial charge in [-0.1, -0.05) is 26.7 Å². The van der Waals surface area contributed by atoms with Crippen LogP contribution in [0.3, 0.4) is 0 Å². The van der Waals surface area contributed by atoms with E-state index in [0.717, 1.165) is 18.8 Å². The molecular weight excluding hydrogens is 268 g/mol. The predicted octanol–water partition coefficient (Wildman–Crippen LogP) is 4.03. The Morgan fingerprint density at radius 1 is 1.00 bits per heavy atom. The van der Waals surface area contributed by atoms with Crippen LogP contribution in [0.4, 0.5) is 0 Å². The largest absolute Gasteiger partial charge is 0.481 e. The quantitative estimate of drug-likeness (QED) is 0.543. The van der Waals surface area contributed by atoms with E-state index in [9.17, 15) is 9.59 Å². The number of carbonyl (C=O) groups excluding carboxylic acids is 1. The minimum absolute atomic E-state index is 0.0261. The van der Waals surface area contributed by atoms with Crippen molar-refractivity contribution in [2.45, 2.75) is 78.2 Å². The number of hydrogen-bond donors (Lipinski definition) is 1. The molecule has 21 heavy (non-hydrogen) atoms. The average molecular weight is 298 g/mol. The van der Waals surface area contributed by atoms with Crippen LogP contribution in [0.15, 0.2) is 0 Å².